The number of anilines is 2. The molecule has 2 rings (SSSR count). The van der Waals surface area contributed by atoms with Crippen molar-refractivity contribution >= 4 is 11.5 Å². The summed E-state index contributed by atoms with van der Waals surface area (Å²) < 4.78 is 5.57. The second-order valence-corrected chi connectivity index (χ2v) is 4.27. The summed E-state index contributed by atoms with van der Waals surface area (Å²) in [6.07, 6.45) is 1.73. The van der Waals surface area contributed by atoms with Gasteiger partial charge in [0.2, 0.25) is 0 Å². The van der Waals surface area contributed by atoms with Crippen LogP contribution < -0.4 is 15.8 Å². The summed E-state index contributed by atoms with van der Waals surface area (Å²) in [4.78, 5) is 8.63. The average molecular weight is 258 g/mol. The van der Waals surface area contributed by atoms with Crippen LogP contribution in [-0.4, -0.2) is 23.1 Å². The van der Waals surface area contributed by atoms with Gasteiger partial charge in [0, 0.05) is 5.69 Å². The maximum atomic E-state index is 5.60. The minimum atomic E-state index is 0.554. The number of hydrogen-bond donors (Lipinski definition) is 2. The molecule has 1 aromatic heterocycles. The molecular weight excluding hydrogens is 240 g/mol. The molecule has 0 aliphatic rings. The van der Waals surface area contributed by atoms with Gasteiger partial charge >= 0.3 is 0 Å². The Balaban J connectivity index is 1.77. The van der Waals surface area contributed by atoms with Crippen LogP contribution in [0.1, 0.15) is 11.4 Å². The summed E-state index contributed by atoms with van der Waals surface area (Å²) in [6.45, 7) is 5.11. The first kappa shape index (κ1) is 13.1. The van der Waals surface area contributed by atoms with E-state index in [9.17, 15) is 0 Å². The predicted molar refractivity (Wildman–Crippen MR) is 76.3 cm³/mol. The fraction of sp³-hybridized carbons (Fsp3) is 0.286. The molecule has 0 aliphatic heterocycles. The van der Waals surface area contributed by atoms with Crippen molar-refractivity contribution in [3.63, 3.8) is 0 Å². The molecule has 2 aromatic rings. The summed E-state index contributed by atoms with van der Waals surface area (Å²) in [5.74, 6) is 1.58. The van der Waals surface area contributed by atoms with E-state index in [2.05, 4.69) is 15.3 Å². The van der Waals surface area contributed by atoms with E-state index in [1.54, 1.807) is 6.20 Å². The summed E-state index contributed by atoms with van der Waals surface area (Å²) in [7, 11) is 0. The maximum absolute atomic E-state index is 5.60. The van der Waals surface area contributed by atoms with E-state index >= 15 is 0 Å². The molecule has 0 fully saturated rings. The molecular formula is C14H18N4O. The lowest BCUT2D eigenvalue weighted by molar-refractivity contribution is 0.333. The van der Waals surface area contributed by atoms with Gasteiger partial charge in [-0.05, 0) is 38.1 Å². The number of nitrogen functional groups attached to an aromatic ring is 1. The van der Waals surface area contributed by atoms with Crippen molar-refractivity contribution in [1.82, 2.24) is 9.97 Å². The molecule has 0 spiro atoms. The van der Waals surface area contributed by atoms with Crippen molar-refractivity contribution in [2.45, 2.75) is 13.8 Å². The Hall–Kier alpha value is -2.30. The first-order valence-electron chi connectivity index (χ1n) is 6.17. The lowest BCUT2D eigenvalue weighted by Crippen LogP contribution is -2.13. The van der Waals surface area contributed by atoms with Crippen LogP contribution in [0.4, 0.5) is 11.5 Å². The van der Waals surface area contributed by atoms with Gasteiger partial charge in [-0.3, -0.25) is 4.98 Å². The topological polar surface area (TPSA) is 73.1 Å². The van der Waals surface area contributed by atoms with Crippen LogP contribution in [0.3, 0.4) is 0 Å². The zero-order chi connectivity index (χ0) is 13.7. The minimum absolute atomic E-state index is 0.554. The van der Waals surface area contributed by atoms with Gasteiger partial charge in [0.1, 0.15) is 18.2 Å². The van der Waals surface area contributed by atoms with Crippen molar-refractivity contribution in [2.75, 3.05) is 24.2 Å². The molecule has 5 heteroatoms. The standard InChI is InChI=1S/C14H18N4O/c1-10-11(2)18-14(9-17-10)16-7-8-19-13-5-3-12(15)4-6-13/h3-6,9H,7-8,15H2,1-2H3,(H,16,18). The van der Waals surface area contributed by atoms with E-state index in [-0.39, 0.29) is 0 Å². The van der Waals surface area contributed by atoms with E-state index in [0.717, 1.165) is 28.6 Å². The van der Waals surface area contributed by atoms with E-state index < -0.39 is 0 Å². The van der Waals surface area contributed by atoms with Crippen LogP contribution >= 0.6 is 0 Å². The fourth-order valence-electron chi connectivity index (χ4n) is 1.54. The zero-order valence-electron chi connectivity index (χ0n) is 11.2. The highest BCUT2D eigenvalue weighted by Crippen LogP contribution is 2.12. The fourth-order valence-corrected chi connectivity index (χ4v) is 1.54. The number of hydrogen-bond acceptors (Lipinski definition) is 5. The van der Waals surface area contributed by atoms with Crippen LogP contribution in [-0.2, 0) is 0 Å². The van der Waals surface area contributed by atoms with E-state index in [0.29, 0.717) is 13.2 Å². The highest BCUT2D eigenvalue weighted by atomic mass is 16.5. The number of nitrogens with one attached hydrogen (secondary N) is 1. The van der Waals surface area contributed by atoms with Gasteiger partial charge in [0.15, 0.2) is 0 Å². The third-order valence-electron chi connectivity index (χ3n) is 2.75. The molecule has 0 amide bonds. The average Bonchev–Trinajstić information content (AvgIpc) is 2.41. The number of aryl methyl sites for hydroxylation is 2. The highest BCUT2D eigenvalue weighted by molar-refractivity contribution is 5.41. The van der Waals surface area contributed by atoms with Crippen molar-refractivity contribution in [3.8, 4) is 5.75 Å². The molecule has 5 nitrogen and oxygen atoms in total. The van der Waals surface area contributed by atoms with Crippen molar-refractivity contribution in [3.05, 3.63) is 41.9 Å². The molecule has 0 saturated heterocycles. The summed E-state index contributed by atoms with van der Waals surface area (Å²) in [6, 6.07) is 7.34. The third kappa shape index (κ3) is 3.84. The van der Waals surface area contributed by atoms with Crippen molar-refractivity contribution < 1.29 is 4.74 Å². The molecule has 3 N–H and O–H groups in total. The lowest BCUT2D eigenvalue weighted by Gasteiger charge is -2.09. The van der Waals surface area contributed by atoms with Gasteiger partial charge in [-0.2, -0.15) is 0 Å². The highest BCUT2D eigenvalue weighted by Gasteiger charge is 1.99. The molecule has 100 valence electrons. The summed E-state index contributed by atoms with van der Waals surface area (Å²) in [5, 5.41) is 3.17. The number of aromatic nitrogens is 2. The number of nitrogens with two attached hydrogens (primary N) is 1. The molecule has 0 aliphatic carbocycles. The van der Waals surface area contributed by atoms with E-state index in [1.165, 1.54) is 0 Å². The summed E-state index contributed by atoms with van der Waals surface area (Å²) >= 11 is 0. The third-order valence-corrected chi connectivity index (χ3v) is 2.75. The smallest absolute Gasteiger partial charge is 0.144 e. The van der Waals surface area contributed by atoms with Crippen LogP contribution in [0.25, 0.3) is 0 Å². The number of benzene rings is 1. The Morgan fingerprint density at radius 1 is 1.16 bits per heavy atom. The van der Waals surface area contributed by atoms with Crippen LogP contribution in [0.5, 0.6) is 5.75 Å². The molecule has 19 heavy (non-hydrogen) atoms. The van der Waals surface area contributed by atoms with E-state index in [1.807, 2.05) is 38.1 Å². The number of rotatable bonds is 5. The Kier molecular flexibility index (Phi) is 4.18. The quantitative estimate of drug-likeness (QED) is 0.635. The van der Waals surface area contributed by atoms with E-state index in [4.69, 9.17) is 10.5 Å². The zero-order valence-corrected chi connectivity index (χ0v) is 11.2. The SMILES string of the molecule is Cc1ncc(NCCOc2ccc(N)cc2)nc1C. The molecule has 0 bridgehead atoms. The Morgan fingerprint density at radius 2 is 1.89 bits per heavy atom. The normalized spacial score (nSPS) is 10.2. The largest absolute Gasteiger partial charge is 0.492 e. The van der Waals surface area contributed by atoms with Crippen molar-refractivity contribution in [2.24, 2.45) is 0 Å². The minimum Gasteiger partial charge on any atom is -0.492 e. The van der Waals surface area contributed by atoms with Gasteiger partial charge in [-0.25, -0.2) is 4.98 Å². The van der Waals surface area contributed by atoms with Gasteiger partial charge in [-0.15, -0.1) is 0 Å². The molecule has 1 aromatic carbocycles. The Morgan fingerprint density at radius 3 is 2.58 bits per heavy atom. The van der Waals surface area contributed by atoms with Gasteiger partial charge in [0.25, 0.3) is 0 Å². The molecule has 0 saturated carbocycles. The van der Waals surface area contributed by atoms with Gasteiger partial charge in [0.05, 0.1) is 24.1 Å². The second kappa shape index (κ2) is 6.04. The molecule has 1 heterocycles. The molecule has 0 atom stereocenters. The first-order chi connectivity index (χ1) is 9.15. The number of ether oxygens (including phenoxy) is 1. The predicted octanol–water partition coefficient (Wildman–Crippen LogP) is 2.17. The van der Waals surface area contributed by atoms with Crippen LogP contribution in [0.2, 0.25) is 0 Å². The lowest BCUT2D eigenvalue weighted by atomic mass is 10.3. The monoisotopic (exact) mass is 258 g/mol. The Bertz CT molecular complexity index is 540. The Labute approximate surface area is 112 Å². The number of nitrogens with zero attached hydrogens (tertiary/aromatic N) is 2. The maximum Gasteiger partial charge on any atom is 0.144 e. The van der Waals surface area contributed by atoms with Gasteiger partial charge < -0.3 is 15.8 Å². The molecule has 0 unspecified atom stereocenters. The van der Waals surface area contributed by atoms with Crippen LogP contribution in [0.15, 0.2) is 30.5 Å². The summed E-state index contributed by atoms with van der Waals surface area (Å²) in [5.41, 5.74) is 8.22. The van der Waals surface area contributed by atoms with Gasteiger partial charge in [-0.1, -0.05) is 0 Å². The van der Waals surface area contributed by atoms with Crippen molar-refractivity contribution in [1.29, 1.82) is 0 Å². The molecule has 0 radical (unpaired) electrons. The first-order valence-corrected chi connectivity index (χ1v) is 6.17. The van der Waals surface area contributed by atoms with Crippen LogP contribution in [0, 0.1) is 13.8 Å². The second-order valence-electron chi connectivity index (χ2n) is 4.27.